The van der Waals surface area contributed by atoms with Crippen LogP contribution in [0.25, 0.3) is 0 Å². The van der Waals surface area contributed by atoms with E-state index in [1.54, 1.807) is 37.4 Å². The second-order valence-electron chi connectivity index (χ2n) is 4.35. The third kappa shape index (κ3) is 3.29. The van der Waals surface area contributed by atoms with Crippen molar-refractivity contribution in [2.75, 3.05) is 13.7 Å². The van der Waals surface area contributed by atoms with Gasteiger partial charge in [-0.3, -0.25) is 0 Å². The van der Waals surface area contributed by atoms with Gasteiger partial charge in [-0.15, -0.1) is 0 Å². The summed E-state index contributed by atoms with van der Waals surface area (Å²) in [6.45, 7) is -0.298. The Bertz CT molecular complexity index is 527. The van der Waals surface area contributed by atoms with E-state index in [1.807, 2.05) is 24.3 Å². The van der Waals surface area contributed by atoms with Crippen molar-refractivity contribution in [1.29, 1.82) is 0 Å². The van der Waals surface area contributed by atoms with Crippen molar-refractivity contribution in [2.24, 2.45) is 0 Å². The normalized spacial score (nSPS) is 13.6. The molecule has 0 saturated heterocycles. The molecule has 0 radical (unpaired) electrons. The van der Waals surface area contributed by atoms with E-state index in [0.29, 0.717) is 17.1 Å². The summed E-state index contributed by atoms with van der Waals surface area (Å²) in [6, 6.07) is 16.2. The van der Waals surface area contributed by atoms with E-state index in [0.717, 1.165) is 0 Å². The molecule has 0 saturated carbocycles. The third-order valence-corrected chi connectivity index (χ3v) is 3.02. The highest BCUT2D eigenvalue weighted by Gasteiger charge is 2.23. The average molecular weight is 274 g/mol. The molecule has 0 spiro atoms. The smallest absolute Gasteiger partial charge is 0.161 e. The van der Waals surface area contributed by atoms with Crippen molar-refractivity contribution < 1.29 is 19.7 Å². The minimum absolute atomic E-state index is 0.298. The van der Waals surface area contributed by atoms with Gasteiger partial charge in [0.25, 0.3) is 0 Å². The number of methoxy groups -OCH3 is 1. The van der Waals surface area contributed by atoms with Crippen LogP contribution in [0.1, 0.15) is 11.7 Å². The summed E-state index contributed by atoms with van der Waals surface area (Å²) in [5.74, 6) is 1.05. The van der Waals surface area contributed by atoms with Crippen LogP contribution in [0, 0.1) is 0 Å². The summed E-state index contributed by atoms with van der Waals surface area (Å²) in [7, 11) is 1.55. The molecule has 2 N–H and O–H groups in total. The molecule has 0 aliphatic rings. The van der Waals surface area contributed by atoms with Crippen LogP contribution in [0.5, 0.6) is 11.5 Å². The fraction of sp³-hybridized carbons (Fsp3) is 0.250. The topological polar surface area (TPSA) is 58.9 Å². The molecule has 0 bridgehead atoms. The number of benzene rings is 2. The van der Waals surface area contributed by atoms with Gasteiger partial charge in [0.1, 0.15) is 6.10 Å². The standard InChI is InChI=1S/C16H18O4/c1-19-13-9-5-6-10-14(13)20-15(11-17)16(18)12-7-3-2-4-8-12/h2-10,15-18H,11H2,1H3/t15-,16+/m1/s1. The highest BCUT2D eigenvalue weighted by atomic mass is 16.5. The molecule has 2 atom stereocenters. The van der Waals surface area contributed by atoms with Gasteiger partial charge in [-0.25, -0.2) is 0 Å². The Morgan fingerprint density at radius 2 is 1.55 bits per heavy atom. The molecule has 0 unspecified atom stereocenters. The van der Waals surface area contributed by atoms with Gasteiger partial charge in [0.15, 0.2) is 17.6 Å². The first-order valence-corrected chi connectivity index (χ1v) is 6.39. The average Bonchev–Trinajstić information content (AvgIpc) is 2.53. The number of aliphatic hydroxyl groups excluding tert-OH is 2. The van der Waals surface area contributed by atoms with E-state index < -0.39 is 12.2 Å². The van der Waals surface area contributed by atoms with Crippen LogP contribution >= 0.6 is 0 Å². The van der Waals surface area contributed by atoms with Gasteiger partial charge in [-0.2, -0.15) is 0 Å². The highest BCUT2D eigenvalue weighted by Crippen LogP contribution is 2.29. The van der Waals surface area contributed by atoms with Crippen LogP contribution in [-0.4, -0.2) is 30.0 Å². The van der Waals surface area contributed by atoms with Crippen LogP contribution in [0.3, 0.4) is 0 Å². The summed E-state index contributed by atoms with van der Waals surface area (Å²) < 4.78 is 10.9. The molecule has 20 heavy (non-hydrogen) atoms. The van der Waals surface area contributed by atoms with Gasteiger partial charge < -0.3 is 19.7 Å². The molecule has 0 aliphatic heterocycles. The van der Waals surface area contributed by atoms with Gasteiger partial charge in [0, 0.05) is 0 Å². The minimum atomic E-state index is -0.911. The van der Waals surface area contributed by atoms with E-state index in [-0.39, 0.29) is 6.61 Å². The molecular weight excluding hydrogens is 256 g/mol. The first kappa shape index (κ1) is 14.4. The number of hydrogen-bond donors (Lipinski definition) is 2. The summed E-state index contributed by atoms with van der Waals surface area (Å²) >= 11 is 0. The quantitative estimate of drug-likeness (QED) is 0.847. The lowest BCUT2D eigenvalue weighted by Gasteiger charge is -2.23. The largest absolute Gasteiger partial charge is 0.493 e. The number of hydrogen-bond acceptors (Lipinski definition) is 4. The van der Waals surface area contributed by atoms with Crippen LogP contribution in [0.2, 0.25) is 0 Å². The first-order chi connectivity index (χ1) is 9.76. The zero-order valence-electron chi connectivity index (χ0n) is 11.3. The Kier molecular flexibility index (Phi) is 4.98. The molecule has 0 aliphatic carbocycles. The molecule has 0 amide bonds. The molecule has 0 fully saturated rings. The van der Waals surface area contributed by atoms with Crippen molar-refractivity contribution in [2.45, 2.75) is 12.2 Å². The molecular formula is C16H18O4. The lowest BCUT2D eigenvalue weighted by atomic mass is 10.0. The van der Waals surface area contributed by atoms with Gasteiger partial charge in [-0.1, -0.05) is 42.5 Å². The Morgan fingerprint density at radius 1 is 0.950 bits per heavy atom. The van der Waals surface area contributed by atoms with Crippen molar-refractivity contribution in [1.82, 2.24) is 0 Å². The second kappa shape index (κ2) is 6.93. The Morgan fingerprint density at radius 3 is 2.15 bits per heavy atom. The second-order valence-corrected chi connectivity index (χ2v) is 4.35. The van der Waals surface area contributed by atoms with Crippen molar-refractivity contribution in [3.05, 3.63) is 60.2 Å². The van der Waals surface area contributed by atoms with Gasteiger partial charge in [0.2, 0.25) is 0 Å². The Balaban J connectivity index is 2.17. The number of rotatable bonds is 6. The minimum Gasteiger partial charge on any atom is -0.493 e. The predicted octanol–water partition coefficient (Wildman–Crippen LogP) is 2.17. The summed E-state index contributed by atoms with van der Waals surface area (Å²) in [4.78, 5) is 0. The molecule has 0 aromatic heterocycles. The fourth-order valence-corrected chi connectivity index (χ4v) is 1.95. The molecule has 2 aromatic carbocycles. The van der Waals surface area contributed by atoms with E-state index in [1.165, 1.54) is 0 Å². The molecule has 4 nitrogen and oxygen atoms in total. The number of aliphatic hydroxyl groups is 2. The highest BCUT2D eigenvalue weighted by molar-refractivity contribution is 5.39. The molecule has 2 aromatic rings. The van der Waals surface area contributed by atoms with Crippen molar-refractivity contribution in [3.8, 4) is 11.5 Å². The zero-order chi connectivity index (χ0) is 14.4. The van der Waals surface area contributed by atoms with Gasteiger partial charge in [0.05, 0.1) is 13.7 Å². The SMILES string of the molecule is COc1ccccc1O[C@H](CO)[C@@H](O)c1ccccc1. The van der Waals surface area contributed by atoms with Crippen LogP contribution < -0.4 is 9.47 Å². The van der Waals surface area contributed by atoms with Crippen LogP contribution in [0.15, 0.2) is 54.6 Å². The van der Waals surface area contributed by atoms with E-state index in [2.05, 4.69) is 0 Å². The van der Waals surface area contributed by atoms with E-state index in [4.69, 9.17) is 9.47 Å². The first-order valence-electron chi connectivity index (χ1n) is 6.39. The lowest BCUT2D eigenvalue weighted by Crippen LogP contribution is -2.29. The monoisotopic (exact) mass is 274 g/mol. The van der Waals surface area contributed by atoms with E-state index >= 15 is 0 Å². The molecule has 2 rings (SSSR count). The Hall–Kier alpha value is -2.04. The van der Waals surface area contributed by atoms with Crippen LogP contribution in [-0.2, 0) is 0 Å². The van der Waals surface area contributed by atoms with Crippen molar-refractivity contribution >= 4 is 0 Å². The summed E-state index contributed by atoms with van der Waals surface area (Å²) in [5, 5.41) is 19.7. The van der Waals surface area contributed by atoms with E-state index in [9.17, 15) is 10.2 Å². The molecule has 4 heteroatoms. The maximum atomic E-state index is 10.3. The Labute approximate surface area is 118 Å². The zero-order valence-corrected chi connectivity index (χ0v) is 11.3. The van der Waals surface area contributed by atoms with Crippen molar-refractivity contribution in [3.63, 3.8) is 0 Å². The number of para-hydroxylation sites is 2. The number of ether oxygens (including phenoxy) is 2. The lowest BCUT2D eigenvalue weighted by molar-refractivity contribution is -0.000405. The maximum Gasteiger partial charge on any atom is 0.161 e. The summed E-state index contributed by atoms with van der Waals surface area (Å²) in [6.07, 6.45) is -1.67. The summed E-state index contributed by atoms with van der Waals surface area (Å²) in [5.41, 5.74) is 0.696. The molecule has 106 valence electrons. The fourth-order valence-electron chi connectivity index (χ4n) is 1.95. The predicted molar refractivity (Wildman–Crippen MR) is 75.9 cm³/mol. The molecule has 0 heterocycles. The van der Waals surface area contributed by atoms with Gasteiger partial charge in [-0.05, 0) is 17.7 Å². The third-order valence-electron chi connectivity index (χ3n) is 3.02. The van der Waals surface area contributed by atoms with Crippen LogP contribution in [0.4, 0.5) is 0 Å². The van der Waals surface area contributed by atoms with Gasteiger partial charge >= 0.3 is 0 Å². The maximum absolute atomic E-state index is 10.3.